The second-order valence-corrected chi connectivity index (χ2v) is 6.92. The molecule has 1 aliphatic heterocycles. The van der Waals surface area contributed by atoms with Crippen LogP contribution in [-0.4, -0.2) is 33.4 Å². The predicted molar refractivity (Wildman–Crippen MR) is 104 cm³/mol. The summed E-state index contributed by atoms with van der Waals surface area (Å²) in [5, 5.41) is 10.8. The van der Waals surface area contributed by atoms with E-state index in [4.69, 9.17) is 17.0 Å². The van der Waals surface area contributed by atoms with E-state index >= 15 is 0 Å². The van der Waals surface area contributed by atoms with Gasteiger partial charge < -0.3 is 9.84 Å². The number of hydrogen-bond acceptors (Lipinski definition) is 6. The number of carbonyl (C=O) groups excluding carboxylic acids is 2. The Hall–Kier alpha value is -2.84. The number of hydrazine groups is 1. The van der Waals surface area contributed by atoms with Crippen molar-refractivity contribution in [1.29, 1.82) is 0 Å². The highest BCUT2D eigenvalue weighted by Gasteiger charge is 2.34. The number of ether oxygens (including phenoxy) is 1. The molecule has 8 heteroatoms. The second kappa shape index (κ2) is 7.59. The van der Waals surface area contributed by atoms with Crippen LogP contribution in [0.3, 0.4) is 0 Å². The Morgan fingerprint density at radius 1 is 1.23 bits per heavy atom. The van der Waals surface area contributed by atoms with E-state index in [9.17, 15) is 14.7 Å². The third kappa shape index (κ3) is 3.71. The molecule has 1 fully saturated rings. The lowest BCUT2D eigenvalue weighted by Crippen LogP contribution is -2.44. The number of phenolic OH excluding ortho intramolecular Hbond substituents is 1. The van der Waals surface area contributed by atoms with Crippen LogP contribution in [-0.2, 0) is 4.79 Å². The van der Waals surface area contributed by atoms with Gasteiger partial charge in [0.2, 0.25) is 0 Å². The number of aromatic hydroxyl groups is 1. The number of amides is 2. The van der Waals surface area contributed by atoms with Gasteiger partial charge in [-0.25, -0.2) is 0 Å². The third-order valence-corrected chi connectivity index (χ3v) is 4.87. The van der Waals surface area contributed by atoms with Gasteiger partial charge in [0, 0.05) is 0 Å². The molecule has 0 aliphatic carbocycles. The van der Waals surface area contributed by atoms with Gasteiger partial charge in [-0.1, -0.05) is 36.0 Å². The van der Waals surface area contributed by atoms with E-state index in [1.54, 1.807) is 37.5 Å². The lowest BCUT2D eigenvalue weighted by atomic mass is 10.2. The molecule has 2 amide bonds. The van der Waals surface area contributed by atoms with Gasteiger partial charge in [0.25, 0.3) is 11.8 Å². The smallest absolute Gasteiger partial charge is 0.285 e. The highest BCUT2D eigenvalue weighted by Crippen LogP contribution is 2.32. The highest BCUT2D eigenvalue weighted by atomic mass is 32.2. The third-order valence-electron chi connectivity index (χ3n) is 3.57. The van der Waals surface area contributed by atoms with Crippen molar-refractivity contribution in [1.82, 2.24) is 10.4 Å². The van der Waals surface area contributed by atoms with Crippen molar-refractivity contribution in [2.45, 2.75) is 0 Å². The maximum Gasteiger partial charge on any atom is 0.285 e. The summed E-state index contributed by atoms with van der Waals surface area (Å²) in [6, 6.07) is 13.3. The van der Waals surface area contributed by atoms with Gasteiger partial charge in [0.15, 0.2) is 4.32 Å². The van der Waals surface area contributed by atoms with Crippen molar-refractivity contribution in [2.75, 3.05) is 7.11 Å². The first kappa shape index (κ1) is 18.0. The molecule has 0 saturated carbocycles. The van der Waals surface area contributed by atoms with Crippen molar-refractivity contribution in [3.05, 3.63) is 64.6 Å². The second-order valence-electron chi connectivity index (χ2n) is 5.25. The van der Waals surface area contributed by atoms with Crippen LogP contribution in [0, 0.1) is 0 Å². The molecule has 0 radical (unpaired) electrons. The van der Waals surface area contributed by atoms with E-state index in [1.165, 1.54) is 12.1 Å². The van der Waals surface area contributed by atoms with Crippen LogP contribution in [0.2, 0.25) is 0 Å². The summed E-state index contributed by atoms with van der Waals surface area (Å²) >= 11 is 6.27. The van der Waals surface area contributed by atoms with Gasteiger partial charge in [-0.15, -0.1) is 0 Å². The lowest BCUT2D eigenvalue weighted by molar-refractivity contribution is -0.123. The number of rotatable bonds is 4. The number of methoxy groups -OCH3 is 1. The summed E-state index contributed by atoms with van der Waals surface area (Å²) in [6.07, 6.45) is 1.69. The van der Waals surface area contributed by atoms with Gasteiger partial charge in [-0.2, -0.15) is 5.01 Å². The molecule has 26 heavy (non-hydrogen) atoms. The summed E-state index contributed by atoms with van der Waals surface area (Å²) in [5.41, 5.74) is 3.29. The Morgan fingerprint density at radius 3 is 2.58 bits per heavy atom. The number of hydrogen-bond donors (Lipinski definition) is 2. The van der Waals surface area contributed by atoms with E-state index < -0.39 is 11.8 Å². The Morgan fingerprint density at radius 2 is 1.92 bits per heavy atom. The normalized spacial score (nSPS) is 15.4. The number of benzene rings is 2. The van der Waals surface area contributed by atoms with Crippen LogP contribution in [0.1, 0.15) is 15.9 Å². The molecule has 0 bridgehead atoms. The van der Waals surface area contributed by atoms with Crippen molar-refractivity contribution in [3.63, 3.8) is 0 Å². The summed E-state index contributed by atoms with van der Waals surface area (Å²) < 4.78 is 5.31. The number of nitrogens with zero attached hydrogens (tertiary/aromatic N) is 1. The Bertz CT molecular complexity index is 910. The molecule has 6 nitrogen and oxygen atoms in total. The fourth-order valence-electron chi connectivity index (χ4n) is 2.24. The summed E-state index contributed by atoms with van der Waals surface area (Å²) in [5.74, 6) is -0.515. The predicted octanol–water partition coefficient (Wildman–Crippen LogP) is 2.95. The molecule has 2 N–H and O–H groups in total. The maximum atomic E-state index is 12.5. The van der Waals surface area contributed by atoms with Crippen LogP contribution in [0.5, 0.6) is 11.5 Å². The molecule has 132 valence electrons. The maximum absolute atomic E-state index is 12.5. The molecule has 1 aliphatic rings. The first-order valence-corrected chi connectivity index (χ1v) is 8.73. The molecule has 1 heterocycles. The summed E-state index contributed by atoms with van der Waals surface area (Å²) in [6.45, 7) is 0. The van der Waals surface area contributed by atoms with E-state index in [1.807, 2.05) is 12.1 Å². The van der Waals surface area contributed by atoms with Gasteiger partial charge in [-0.3, -0.25) is 15.0 Å². The fraction of sp³-hybridized carbons (Fsp3) is 0.0556. The average molecular weight is 386 g/mol. The van der Waals surface area contributed by atoms with Crippen LogP contribution in [0.25, 0.3) is 6.08 Å². The van der Waals surface area contributed by atoms with Gasteiger partial charge in [-0.05, 0) is 48.1 Å². The van der Waals surface area contributed by atoms with E-state index in [0.29, 0.717) is 10.7 Å². The lowest BCUT2D eigenvalue weighted by Gasteiger charge is -2.16. The zero-order valence-electron chi connectivity index (χ0n) is 13.6. The molecular weight excluding hydrogens is 372 g/mol. The minimum absolute atomic E-state index is 0.0562. The number of carbonyl (C=O) groups is 2. The Labute approximate surface area is 159 Å². The standard InChI is InChI=1S/C18H14N2O4S2/c1-24-12-8-6-11(7-9-12)10-15-17(23)20(18(25)26-15)19-16(22)13-4-2-3-5-14(13)21/h2-10,21H,1H3,(H,19,22)/b15-10+. The van der Waals surface area contributed by atoms with Crippen LogP contribution in [0.4, 0.5) is 0 Å². The fourth-order valence-corrected chi connectivity index (χ4v) is 3.42. The number of thioether (sulfide) groups is 1. The Balaban J connectivity index is 1.77. The van der Waals surface area contributed by atoms with Crippen molar-refractivity contribution >= 4 is 46.2 Å². The van der Waals surface area contributed by atoms with Gasteiger partial charge in [0.1, 0.15) is 11.5 Å². The van der Waals surface area contributed by atoms with Crippen LogP contribution >= 0.6 is 24.0 Å². The van der Waals surface area contributed by atoms with Crippen molar-refractivity contribution in [2.24, 2.45) is 0 Å². The SMILES string of the molecule is COc1ccc(/C=C2/SC(=S)N(NC(=O)c3ccccc3O)C2=O)cc1. The molecule has 0 aromatic heterocycles. The molecule has 0 spiro atoms. The Kier molecular flexibility index (Phi) is 5.24. The van der Waals surface area contributed by atoms with Gasteiger partial charge in [0.05, 0.1) is 17.6 Å². The monoisotopic (exact) mass is 386 g/mol. The molecular formula is C18H14N2O4S2. The van der Waals surface area contributed by atoms with Crippen molar-refractivity contribution in [3.8, 4) is 11.5 Å². The molecule has 2 aromatic rings. The van der Waals surface area contributed by atoms with E-state index in [0.717, 1.165) is 22.3 Å². The topological polar surface area (TPSA) is 78.9 Å². The number of thiocarbonyl (C=S) groups is 1. The van der Waals surface area contributed by atoms with Crippen LogP contribution < -0.4 is 10.2 Å². The van der Waals surface area contributed by atoms with Gasteiger partial charge >= 0.3 is 0 Å². The zero-order valence-corrected chi connectivity index (χ0v) is 15.3. The number of phenols is 1. The highest BCUT2D eigenvalue weighted by molar-refractivity contribution is 8.26. The largest absolute Gasteiger partial charge is 0.507 e. The van der Waals surface area contributed by atoms with Crippen molar-refractivity contribution < 1.29 is 19.4 Å². The number of para-hydroxylation sites is 1. The average Bonchev–Trinajstić information content (AvgIpc) is 2.90. The molecule has 2 aromatic carbocycles. The molecule has 3 rings (SSSR count). The van der Waals surface area contributed by atoms with E-state index in [-0.39, 0.29) is 15.6 Å². The first-order chi connectivity index (χ1) is 12.5. The number of nitrogens with one attached hydrogen (secondary N) is 1. The minimum atomic E-state index is -0.620. The molecule has 0 unspecified atom stereocenters. The van der Waals surface area contributed by atoms with E-state index in [2.05, 4.69) is 5.43 Å². The molecule has 1 saturated heterocycles. The minimum Gasteiger partial charge on any atom is -0.507 e. The van der Waals surface area contributed by atoms with Crippen LogP contribution in [0.15, 0.2) is 53.4 Å². The first-order valence-electron chi connectivity index (χ1n) is 7.50. The zero-order chi connectivity index (χ0) is 18.7. The summed E-state index contributed by atoms with van der Waals surface area (Å²) in [7, 11) is 1.58. The quantitative estimate of drug-likeness (QED) is 0.621. The summed E-state index contributed by atoms with van der Waals surface area (Å²) in [4.78, 5) is 25.2. The molecule has 0 atom stereocenters.